The van der Waals surface area contributed by atoms with Gasteiger partial charge in [-0.3, -0.25) is 14.7 Å². The van der Waals surface area contributed by atoms with Crippen molar-refractivity contribution in [3.8, 4) is 0 Å². The summed E-state index contributed by atoms with van der Waals surface area (Å²) in [6.07, 6.45) is 0.636. The number of amidine groups is 1. The highest BCUT2D eigenvalue weighted by atomic mass is 79.9. The van der Waals surface area contributed by atoms with Gasteiger partial charge in [-0.25, -0.2) is 0 Å². The van der Waals surface area contributed by atoms with Crippen LogP contribution in [0.15, 0.2) is 4.99 Å². The number of nitrogens with zero attached hydrogens (tertiary/aromatic N) is 2. The number of aliphatic imine (C=N–C) groups is 1. The van der Waals surface area contributed by atoms with Gasteiger partial charge in [-0.2, -0.15) is 0 Å². The van der Waals surface area contributed by atoms with Gasteiger partial charge in [-0.05, 0) is 13.8 Å². The van der Waals surface area contributed by atoms with Crippen LogP contribution in [0.5, 0.6) is 0 Å². The standard InChI is InChI=1S/C8H12N2OS.BrH/c1-8(2)5-6(11)10-4-3-9-7(10)12-8;/h3-5H2,1-2H3;1H. The minimum absolute atomic E-state index is 0. The van der Waals surface area contributed by atoms with Gasteiger partial charge in [0, 0.05) is 17.7 Å². The zero-order valence-corrected chi connectivity index (χ0v) is 10.3. The van der Waals surface area contributed by atoms with Gasteiger partial charge < -0.3 is 0 Å². The SMILES string of the molecule is Br.CC1(C)CC(=O)N2CCN=C2S1. The molecule has 5 heteroatoms. The van der Waals surface area contributed by atoms with Crippen LogP contribution < -0.4 is 0 Å². The van der Waals surface area contributed by atoms with Crippen molar-refractivity contribution in [1.29, 1.82) is 0 Å². The first-order valence-electron chi connectivity index (χ1n) is 4.12. The van der Waals surface area contributed by atoms with Crippen LogP contribution in [0.4, 0.5) is 0 Å². The fraction of sp³-hybridized carbons (Fsp3) is 0.750. The smallest absolute Gasteiger partial charge is 0.229 e. The van der Waals surface area contributed by atoms with E-state index in [4.69, 9.17) is 0 Å². The van der Waals surface area contributed by atoms with Crippen LogP contribution in [-0.4, -0.2) is 33.8 Å². The molecule has 0 N–H and O–H groups in total. The molecule has 0 radical (unpaired) electrons. The minimum Gasteiger partial charge on any atom is -0.290 e. The fourth-order valence-electron chi connectivity index (χ4n) is 1.49. The van der Waals surface area contributed by atoms with Crippen molar-refractivity contribution in [3.05, 3.63) is 0 Å². The molecular weight excluding hydrogens is 252 g/mol. The second-order valence-corrected chi connectivity index (χ2v) is 5.42. The maximum Gasteiger partial charge on any atom is 0.229 e. The molecule has 0 bridgehead atoms. The Kier molecular flexibility index (Phi) is 3.07. The molecule has 0 unspecified atom stereocenters. The summed E-state index contributed by atoms with van der Waals surface area (Å²) in [7, 11) is 0. The van der Waals surface area contributed by atoms with Crippen LogP contribution in [0.3, 0.4) is 0 Å². The van der Waals surface area contributed by atoms with E-state index in [9.17, 15) is 4.79 Å². The molecule has 0 saturated carbocycles. The number of carbonyl (C=O) groups is 1. The van der Waals surface area contributed by atoms with Gasteiger partial charge in [0.05, 0.1) is 6.54 Å². The van der Waals surface area contributed by atoms with Crippen molar-refractivity contribution < 1.29 is 4.79 Å². The Labute approximate surface area is 92.7 Å². The van der Waals surface area contributed by atoms with E-state index < -0.39 is 0 Å². The Morgan fingerprint density at radius 1 is 1.54 bits per heavy atom. The molecule has 2 aliphatic heterocycles. The van der Waals surface area contributed by atoms with Crippen molar-refractivity contribution in [3.63, 3.8) is 0 Å². The number of halogens is 1. The summed E-state index contributed by atoms with van der Waals surface area (Å²) >= 11 is 1.72. The van der Waals surface area contributed by atoms with E-state index in [1.165, 1.54) is 0 Å². The second kappa shape index (κ2) is 3.61. The van der Waals surface area contributed by atoms with Crippen LogP contribution >= 0.6 is 28.7 Å². The Morgan fingerprint density at radius 2 is 2.23 bits per heavy atom. The van der Waals surface area contributed by atoms with Crippen LogP contribution in [0.1, 0.15) is 20.3 Å². The third kappa shape index (κ3) is 2.07. The Bertz CT molecular complexity index is 265. The second-order valence-electron chi connectivity index (χ2n) is 3.75. The quantitative estimate of drug-likeness (QED) is 0.667. The normalized spacial score (nSPS) is 24.9. The van der Waals surface area contributed by atoms with Crippen molar-refractivity contribution >= 4 is 39.8 Å². The lowest BCUT2D eigenvalue weighted by molar-refractivity contribution is -0.127. The molecule has 2 aliphatic rings. The van der Waals surface area contributed by atoms with Crippen molar-refractivity contribution in [1.82, 2.24) is 4.90 Å². The molecule has 0 aromatic heterocycles. The molecule has 2 heterocycles. The first kappa shape index (κ1) is 11.0. The zero-order chi connectivity index (χ0) is 8.77. The van der Waals surface area contributed by atoms with E-state index in [1.807, 2.05) is 0 Å². The highest BCUT2D eigenvalue weighted by molar-refractivity contribution is 8.93. The molecule has 0 aliphatic carbocycles. The summed E-state index contributed by atoms with van der Waals surface area (Å²) in [4.78, 5) is 17.6. The molecule has 13 heavy (non-hydrogen) atoms. The molecule has 74 valence electrons. The summed E-state index contributed by atoms with van der Waals surface area (Å²) < 4.78 is 0.0384. The molecule has 0 aromatic rings. The minimum atomic E-state index is 0. The Morgan fingerprint density at radius 3 is 2.92 bits per heavy atom. The van der Waals surface area contributed by atoms with Crippen molar-refractivity contribution in [2.75, 3.05) is 13.1 Å². The monoisotopic (exact) mass is 264 g/mol. The number of carbonyl (C=O) groups excluding carboxylic acids is 1. The van der Waals surface area contributed by atoms with E-state index in [0.717, 1.165) is 18.3 Å². The number of amides is 1. The Hall–Kier alpha value is -0.0300. The lowest BCUT2D eigenvalue weighted by atomic mass is 10.1. The molecule has 1 saturated heterocycles. The predicted octanol–water partition coefficient (Wildman–Crippen LogP) is 1.68. The summed E-state index contributed by atoms with van der Waals surface area (Å²) in [5.74, 6) is 0.231. The molecule has 0 aromatic carbocycles. The van der Waals surface area contributed by atoms with Crippen LogP contribution in [0, 0.1) is 0 Å². The number of rotatable bonds is 0. The molecular formula is C8H13BrN2OS. The maximum absolute atomic E-state index is 11.5. The van der Waals surface area contributed by atoms with E-state index >= 15 is 0 Å². The van der Waals surface area contributed by atoms with Gasteiger partial charge in [0.2, 0.25) is 5.91 Å². The lowest BCUT2D eigenvalue weighted by Gasteiger charge is -2.33. The van der Waals surface area contributed by atoms with Crippen LogP contribution in [-0.2, 0) is 4.79 Å². The average Bonchev–Trinajstić information content (AvgIpc) is 2.31. The summed E-state index contributed by atoms with van der Waals surface area (Å²) in [6, 6.07) is 0. The highest BCUT2D eigenvalue weighted by Crippen LogP contribution is 2.37. The van der Waals surface area contributed by atoms with Crippen LogP contribution in [0.2, 0.25) is 0 Å². The van der Waals surface area contributed by atoms with Gasteiger partial charge in [-0.1, -0.05) is 11.8 Å². The van der Waals surface area contributed by atoms with Crippen LogP contribution in [0.25, 0.3) is 0 Å². The van der Waals surface area contributed by atoms with E-state index in [0.29, 0.717) is 6.42 Å². The first-order valence-corrected chi connectivity index (χ1v) is 4.94. The summed E-state index contributed by atoms with van der Waals surface area (Å²) in [5, 5.41) is 0.927. The third-order valence-corrected chi connectivity index (χ3v) is 3.28. The predicted molar refractivity (Wildman–Crippen MR) is 60.6 cm³/mol. The number of hydrogen-bond donors (Lipinski definition) is 0. The molecule has 3 nitrogen and oxygen atoms in total. The molecule has 2 rings (SSSR count). The lowest BCUT2D eigenvalue weighted by Crippen LogP contribution is -2.43. The van der Waals surface area contributed by atoms with Gasteiger partial charge in [0.1, 0.15) is 0 Å². The van der Waals surface area contributed by atoms with Gasteiger partial charge >= 0.3 is 0 Å². The molecule has 0 spiro atoms. The summed E-state index contributed by atoms with van der Waals surface area (Å²) in [5.41, 5.74) is 0. The van der Waals surface area contributed by atoms with Gasteiger partial charge in [0.15, 0.2) is 5.17 Å². The summed E-state index contributed by atoms with van der Waals surface area (Å²) in [6.45, 7) is 5.75. The molecule has 0 atom stereocenters. The number of thioether (sulfide) groups is 1. The topological polar surface area (TPSA) is 32.7 Å². The van der Waals surface area contributed by atoms with E-state index in [2.05, 4.69) is 18.8 Å². The largest absolute Gasteiger partial charge is 0.290 e. The molecule has 1 fully saturated rings. The van der Waals surface area contributed by atoms with Gasteiger partial charge in [-0.15, -0.1) is 17.0 Å². The maximum atomic E-state index is 11.5. The van der Waals surface area contributed by atoms with Crippen molar-refractivity contribution in [2.45, 2.75) is 25.0 Å². The Balaban J connectivity index is 0.000000845. The van der Waals surface area contributed by atoms with Crippen molar-refractivity contribution in [2.24, 2.45) is 4.99 Å². The number of hydrogen-bond acceptors (Lipinski definition) is 3. The van der Waals surface area contributed by atoms with E-state index in [1.54, 1.807) is 16.7 Å². The third-order valence-electron chi connectivity index (χ3n) is 2.05. The van der Waals surface area contributed by atoms with E-state index in [-0.39, 0.29) is 27.6 Å². The average molecular weight is 265 g/mol. The first-order chi connectivity index (χ1) is 5.58. The van der Waals surface area contributed by atoms with Gasteiger partial charge in [0.25, 0.3) is 0 Å². The number of fused-ring (bicyclic) bond motifs is 1. The zero-order valence-electron chi connectivity index (χ0n) is 7.74. The molecule has 1 amide bonds. The fourth-order valence-corrected chi connectivity index (χ4v) is 2.64. The highest BCUT2D eigenvalue weighted by Gasteiger charge is 2.38.